The minimum absolute atomic E-state index is 0.915. The summed E-state index contributed by atoms with van der Waals surface area (Å²) in [5, 5.41) is 0. The fourth-order valence-corrected chi connectivity index (χ4v) is 2.52. The molecule has 0 saturated heterocycles. The lowest BCUT2D eigenvalue weighted by molar-refractivity contribution is 0.192. The van der Waals surface area contributed by atoms with Crippen molar-refractivity contribution in [3.8, 4) is 0 Å². The van der Waals surface area contributed by atoms with Crippen LogP contribution >= 0.6 is 11.8 Å². The lowest BCUT2D eigenvalue weighted by atomic mass is 10.2. The van der Waals surface area contributed by atoms with Crippen LogP contribution in [-0.2, 0) is 4.74 Å². The highest BCUT2D eigenvalue weighted by atomic mass is 32.2. The van der Waals surface area contributed by atoms with Gasteiger partial charge in [0.05, 0.1) is 0 Å². The zero-order valence-electron chi connectivity index (χ0n) is 10.2. The van der Waals surface area contributed by atoms with Crippen LogP contribution < -0.4 is 0 Å². The highest BCUT2D eigenvalue weighted by Crippen LogP contribution is 2.19. The Kier molecular flexibility index (Phi) is 8.27. The molecule has 0 aromatic heterocycles. The summed E-state index contributed by atoms with van der Waals surface area (Å²) in [6.07, 6.45) is 6.54. The van der Waals surface area contributed by atoms with E-state index < -0.39 is 0 Å². The summed E-state index contributed by atoms with van der Waals surface area (Å²) in [5.41, 5.74) is 0. The van der Waals surface area contributed by atoms with E-state index in [0.717, 1.165) is 6.61 Å². The Morgan fingerprint density at radius 1 is 0.938 bits per heavy atom. The van der Waals surface area contributed by atoms with Crippen molar-refractivity contribution in [3.63, 3.8) is 0 Å². The van der Waals surface area contributed by atoms with E-state index in [1.165, 1.54) is 42.8 Å². The van der Waals surface area contributed by atoms with Gasteiger partial charge in [0.25, 0.3) is 0 Å². The predicted octanol–water partition coefficient (Wildman–Crippen LogP) is 4.38. The normalized spacial score (nSPS) is 10.6. The van der Waals surface area contributed by atoms with Crippen LogP contribution in [-0.4, -0.2) is 19.5 Å². The predicted molar refractivity (Wildman–Crippen MR) is 72.1 cm³/mol. The number of thioether (sulfide) groups is 1. The second-order valence-corrected chi connectivity index (χ2v) is 5.09. The Hall–Kier alpha value is -0.470. The molecule has 0 spiro atoms. The van der Waals surface area contributed by atoms with Gasteiger partial charge in [0.2, 0.25) is 0 Å². The van der Waals surface area contributed by atoms with Crippen molar-refractivity contribution in [2.75, 3.05) is 19.5 Å². The van der Waals surface area contributed by atoms with Crippen LogP contribution in [0.25, 0.3) is 0 Å². The average Bonchev–Trinajstić information content (AvgIpc) is 2.34. The Labute approximate surface area is 104 Å². The maximum Gasteiger partial charge on any atom is 0.0462 e. The number of hydrogen-bond donors (Lipinski definition) is 0. The second kappa shape index (κ2) is 9.73. The molecule has 0 bridgehead atoms. The molecule has 0 atom stereocenters. The number of benzene rings is 1. The van der Waals surface area contributed by atoms with Crippen molar-refractivity contribution >= 4 is 11.8 Å². The van der Waals surface area contributed by atoms with Crippen LogP contribution in [0.2, 0.25) is 0 Å². The van der Waals surface area contributed by atoms with Gasteiger partial charge in [-0.25, -0.2) is 0 Å². The first-order valence-corrected chi connectivity index (χ1v) is 7.09. The fraction of sp³-hybridized carbons (Fsp3) is 0.571. The summed E-state index contributed by atoms with van der Waals surface area (Å²) < 4.78 is 5.02. The first-order chi connectivity index (χ1) is 7.93. The molecule has 1 nitrogen and oxygen atoms in total. The van der Waals surface area contributed by atoms with Gasteiger partial charge < -0.3 is 4.74 Å². The van der Waals surface area contributed by atoms with Crippen molar-refractivity contribution < 1.29 is 4.74 Å². The molecule has 0 saturated carbocycles. The third kappa shape index (κ3) is 6.91. The van der Waals surface area contributed by atoms with Gasteiger partial charge >= 0.3 is 0 Å². The van der Waals surface area contributed by atoms with E-state index in [4.69, 9.17) is 4.74 Å². The molecule has 0 heterocycles. The number of methoxy groups -OCH3 is 1. The molecular formula is C14H22OS. The molecule has 0 unspecified atom stereocenters. The Balaban J connectivity index is 1.89. The maximum absolute atomic E-state index is 5.02. The summed E-state index contributed by atoms with van der Waals surface area (Å²) in [4.78, 5) is 1.39. The van der Waals surface area contributed by atoms with Crippen LogP contribution in [0.4, 0.5) is 0 Å². The Morgan fingerprint density at radius 2 is 1.62 bits per heavy atom. The van der Waals surface area contributed by atoms with E-state index in [2.05, 4.69) is 30.3 Å². The zero-order valence-corrected chi connectivity index (χ0v) is 11.0. The molecule has 0 fully saturated rings. The summed E-state index contributed by atoms with van der Waals surface area (Å²) in [6, 6.07) is 10.6. The lowest BCUT2D eigenvalue weighted by Crippen LogP contribution is -1.88. The SMILES string of the molecule is COCCCCCCCSc1ccccc1. The molecule has 90 valence electrons. The van der Waals surface area contributed by atoms with Crippen molar-refractivity contribution in [2.24, 2.45) is 0 Å². The van der Waals surface area contributed by atoms with Crippen LogP contribution in [0.15, 0.2) is 35.2 Å². The van der Waals surface area contributed by atoms with E-state index in [9.17, 15) is 0 Å². The fourth-order valence-electron chi connectivity index (χ4n) is 1.59. The first kappa shape index (κ1) is 13.6. The van der Waals surface area contributed by atoms with E-state index in [1.54, 1.807) is 7.11 Å². The van der Waals surface area contributed by atoms with Gasteiger partial charge in [-0.3, -0.25) is 0 Å². The molecule has 0 radical (unpaired) electrons. The lowest BCUT2D eigenvalue weighted by Gasteiger charge is -2.02. The Bertz CT molecular complexity index is 248. The summed E-state index contributed by atoms with van der Waals surface area (Å²) in [6.45, 7) is 0.915. The standard InChI is InChI=1S/C14H22OS/c1-15-12-8-3-2-4-9-13-16-14-10-6-5-7-11-14/h5-7,10-11H,2-4,8-9,12-13H2,1H3. The summed E-state index contributed by atoms with van der Waals surface area (Å²) >= 11 is 1.96. The minimum atomic E-state index is 0.915. The van der Waals surface area contributed by atoms with E-state index in [0.29, 0.717) is 0 Å². The molecule has 0 aliphatic rings. The molecule has 0 amide bonds. The van der Waals surface area contributed by atoms with Gasteiger partial charge in [-0.2, -0.15) is 0 Å². The smallest absolute Gasteiger partial charge is 0.0462 e. The highest BCUT2D eigenvalue weighted by Gasteiger charge is 1.93. The number of unbranched alkanes of at least 4 members (excludes halogenated alkanes) is 4. The molecule has 1 aromatic rings. The summed E-state index contributed by atoms with van der Waals surface area (Å²) in [7, 11) is 1.77. The van der Waals surface area contributed by atoms with Crippen molar-refractivity contribution in [1.29, 1.82) is 0 Å². The minimum Gasteiger partial charge on any atom is -0.385 e. The van der Waals surface area contributed by atoms with E-state index in [1.807, 2.05) is 11.8 Å². The van der Waals surface area contributed by atoms with Gasteiger partial charge in [-0.1, -0.05) is 37.5 Å². The molecule has 0 N–H and O–H groups in total. The molecule has 0 aliphatic carbocycles. The number of rotatable bonds is 9. The van der Waals surface area contributed by atoms with Crippen molar-refractivity contribution in [1.82, 2.24) is 0 Å². The molecule has 0 aliphatic heterocycles. The average molecular weight is 238 g/mol. The zero-order chi connectivity index (χ0) is 11.5. The highest BCUT2D eigenvalue weighted by molar-refractivity contribution is 7.99. The van der Waals surface area contributed by atoms with Crippen LogP contribution in [0, 0.1) is 0 Å². The van der Waals surface area contributed by atoms with E-state index in [-0.39, 0.29) is 0 Å². The van der Waals surface area contributed by atoms with Crippen LogP contribution in [0.5, 0.6) is 0 Å². The van der Waals surface area contributed by atoms with Gasteiger partial charge in [-0.15, -0.1) is 11.8 Å². The maximum atomic E-state index is 5.02. The van der Waals surface area contributed by atoms with Crippen LogP contribution in [0.1, 0.15) is 32.1 Å². The van der Waals surface area contributed by atoms with Gasteiger partial charge in [0.1, 0.15) is 0 Å². The number of hydrogen-bond acceptors (Lipinski definition) is 2. The Morgan fingerprint density at radius 3 is 2.38 bits per heavy atom. The first-order valence-electron chi connectivity index (χ1n) is 6.10. The van der Waals surface area contributed by atoms with Gasteiger partial charge in [0.15, 0.2) is 0 Å². The molecule has 1 rings (SSSR count). The monoisotopic (exact) mass is 238 g/mol. The quantitative estimate of drug-likeness (QED) is 0.466. The second-order valence-electron chi connectivity index (χ2n) is 3.92. The molecule has 16 heavy (non-hydrogen) atoms. The topological polar surface area (TPSA) is 9.23 Å². The van der Waals surface area contributed by atoms with Gasteiger partial charge in [0, 0.05) is 18.6 Å². The van der Waals surface area contributed by atoms with Crippen molar-refractivity contribution in [3.05, 3.63) is 30.3 Å². The largest absolute Gasteiger partial charge is 0.385 e. The van der Waals surface area contributed by atoms with E-state index >= 15 is 0 Å². The molecule has 1 aromatic carbocycles. The van der Waals surface area contributed by atoms with Gasteiger partial charge in [-0.05, 0) is 30.7 Å². The third-order valence-electron chi connectivity index (χ3n) is 2.50. The van der Waals surface area contributed by atoms with Crippen LogP contribution in [0.3, 0.4) is 0 Å². The molecular weight excluding hydrogens is 216 g/mol. The summed E-state index contributed by atoms with van der Waals surface area (Å²) in [5.74, 6) is 1.24. The number of ether oxygens (including phenoxy) is 1. The van der Waals surface area contributed by atoms with Crippen molar-refractivity contribution in [2.45, 2.75) is 37.0 Å². The third-order valence-corrected chi connectivity index (χ3v) is 3.60. The molecule has 2 heteroatoms.